The smallest absolute Gasteiger partial charge is 0.409 e. The predicted molar refractivity (Wildman–Crippen MR) is 98.5 cm³/mol. The van der Waals surface area contributed by atoms with Crippen molar-refractivity contribution in [2.24, 2.45) is 17.9 Å². The third kappa shape index (κ3) is 3.58. The molecule has 168 valence electrons. The van der Waals surface area contributed by atoms with Gasteiger partial charge in [0.05, 0.1) is 16.3 Å². The van der Waals surface area contributed by atoms with Crippen molar-refractivity contribution in [3.8, 4) is 11.5 Å². The van der Waals surface area contributed by atoms with Gasteiger partial charge in [0.1, 0.15) is 16.9 Å². The van der Waals surface area contributed by atoms with Crippen molar-refractivity contribution in [1.29, 1.82) is 0 Å². The summed E-state index contributed by atoms with van der Waals surface area (Å²) in [7, 11) is -2.63. The highest BCUT2D eigenvalue weighted by atomic mass is 32.2. The van der Waals surface area contributed by atoms with Crippen LogP contribution in [0.25, 0.3) is 22.7 Å². The fourth-order valence-corrected chi connectivity index (χ4v) is 3.86. The zero-order chi connectivity index (χ0) is 23.4. The van der Waals surface area contributed by atoms with Crippen LogP contribution >= 0.6 is 0 Å². The molecule has 0 amide bonds. The number of aryl methyl sites for hydroxylation is 1. The summed E-state index contributed by atoms with van der Waals surface area (Å²) in [4.78, 5) is 9.65. The molecule has 0 bridgehead atoms. The Morgan fingerprint density at radius 2 is 1.94 bits per heavy atom. The van der Waals surface area contributed by atoms with E-state index >= 15 is 0 Å². The number of amidine groups is 1. The molecule has 3 aromatic rings. The summed E-state index contributed by atoms with van der Waals surface area (Å²) in [5, 5.41) is 11.6. The number of halogens is 5. The second-order valence-corrected chi connectivity index (χ2v) is 8.69. The lowest BCUT2D eigenvalue weighted by Gasteiger charge is -2.18. The van der Waals surface area contributed by atoms with Gasteiger partial charge in [0.25, 0.3) is 0 Å². The van der Waals surface area contributed by atoms with Gasteiger partial charge in [0, 0.05) is 18.8 Å². The summed E-state index contributed by atoms with van der Waals surface area (Å²) in [6, 6.07) is 1.63. The minimum Gasteiger partial charge on any atom is -0.409 e. The van der Waals surface area contributed by atoms with E-state index in [-0.39, 0.29) is 38.9 Å². The largest absolute Gasteiger partial charge is 0.459 e. The highest BCUT2D eigenvalue weighted by molar-refractivity contribution is 7.91. The highest BCUT2D eigenvalue weighted by Gasteiger charge is 2.60. The summed E-state index contributed by atoms with van der Waals surface area (Å²) in [6.45, 7) is 1.36. The molecule has 9 nitrogen and oxygen atoms in total. The number of rotatable bonds is 5. The van der Waals surface area contributed by atoms with Crippen molar-refractivity contribution < 1.29 is 35.6 Å². The Kier molecular flexibility index (Phi) is 5.20. The minimum atomic E-state index is -5.81. The fraction of sp³-hybridized carbons (Fsp3) is 0.312. The minimum absolute atomic E-state index is 0.00912. The average molecular weight is 466 g/mol. The Bertz CT molecular complexity index is 1290. The molecule has 0 aliphatic carbocycles. The van der Waals surface area contributed by atoms with Gasteiger partial charge in [-0.1, -0.05) is 12.1 Å². The lowest BCUT2D eigenvalue weighted by Crippen LogP contribution is -2.34. The number of nitrogens with two attached hydrogens (primary N) is 1. The van der Waals surface area contributed by atoms with Crippen molar-refractivity contribution >= 4 is 26.8 Å². The monoisotopic (exact) mass is 466 g/mol. The van der Waals surface area contributed by atoms with Crippen LogP contribution in [0.1, 0.15) is 18.2 Å². The van der Waals surface area contributed by atoms with Crippen LogP contribution in [0.3, 0.4) is 0 Å². The third-order valence-corrected chi connectivity index (χ3v) is 6.28. The summed E-state index contributed by atoms with van der Waals surface area (Å²) in [5.41, 5.74) is 3.43. The van der Waals surface area contributed by atoms with E-state index in [0.717, 1.165) is 16.8 Å². The van der Waals surface area contributed by atoms with Crippen LogP contribution in [0.2, 0.25) is 0 Å². The molecule has 4 N–H and O–H groups in total. The van der Waals surface area contributed by atoms with E-state index in [4.69, 9.17) is 10.9 Å². The topological polar surface area (TPSA) is 139 Å². The SMILES string of the molecule is CCS(=O)(=O)c1cc(/C(N)=N\O)cnc1-c1nc2cc(C(F)(F)C(F)(F)F)[nH]c2n1C. The molecule has 0 radical (unpaired) electrons. The number of fused-ring (bicyclic) bond motifs is 1. The van der Waals surface area contributed by atoms with E-state index in [9.17, 15) is 30.4 Å². The quantitative estimate of drug-likeness (QED) is 0.174. The molecule has 0 saturated carbocycles. The maximum atomic E-state index is 13.6. The summed E-state index contributed by atoms with van der Waals surface area (Å²) in [6.07, 6.45) is -4.71. The highest BCUT2D eigenvalue weighted by Crippen LogP contribution is 2.44. The van der Waals surface area contributed by atoms with Crippen LogP contribution in [0.5, 0.6) is 0 Å². The molecule has 0 saturated heterocycles. The molecule has 15 heteroatoms. The van der Waals surface area contributed by atoms with Crippen LogP contribution in [0.15, 0.2) is 28.4 Å². The molecule has 31 heavy (non-hydrogen) atoms. The zero-order valence-electron chi connectivity index (χ0n) is 15.9. The van der Waals surface area contributed by atoms with Gasteiger partial charge in [-0.2, -0.15) is 22.0 Å². The number of pyridine rings is 1. The second-order valence-electron chi connectivity index (χ2n) is 6.44. The van der Waals surface area contributed by atoms with E-state index in [1.165, 1.54) is 14.0 Å². The molecule has 0 spiro atoms. The molecule has 0 atom stereocenters. The van der Waals surface area contributed by atoms with E-state index < -0.39 is 33.5 Å². The number of imidazole rings is 1. The van der Waals surface area contributed by atoms with Gasteiger partial charge >= 0.3 is 12.1 Å². The molecule has 0 aromatic carbocycles. The van der Waals surface area contributed by atoms with Gasteiger partial charge in [-0.15, -0.1) is 0 Å². The first-order valence-corrected chi connectivity index (χ1v) is 10.1. The lowest BCUT2D eigenvalue weighted by molar-refractivity contribution is -0.290. The molecular formula is C16H15F5N6O3S. The molecule has 3 rings (SSSR count). The summed E-state index contributed by atoms with van der Waals surface area (Å²) >= 11 is 0. The van der Waals surface area contributed by atoms with Crippen LogP contribution in [-0.2, 0) is 22.8 Å². The summed E-state index contributed by atoms with van der Waals surface area (Å²) < 4.78 is 91.4. The third-order valence-electron chi connectivity index (χ3n) is 4.53. The normalized spacial score (nSPS) is 13.8. The van der Waals surface area contributed by atoms with Crippen LogP contribution in [-0.4, -0.2) is 50.9 Å². The van der Waals surface area contributed by atoms with Crippen LogP contribution in [0.4, 0.5) is 22.0 Å². The van der Waals surface area contributed by atoms with Crippen LogP contribution in [0, 0.1) is 0 Å². The van der Waals surface area contributed by atoms with Crippen molar-refractivity contribution in [2.75, 3.05) is 5.75 Å². The molecular weight excluding hydrogens is 451 g/mol. The van der Waals surface area contributed by atoms with E-state index in [2.05, 4.69) is 15.1 Å². The van der Waals surface area contributed by atoms with Crippen molar-refractivity contribution in [1.82, 2.24) is 19.5 Å². The molecule has 3 heterocycles. The number of hydrogen-bond acceptors (Lipinski definition) is 6. The number of nitrogens with zero attached hydrogens (tertiary/aromatic N) is 4. The first-order chi connectivity index (χ1) is 14.2. The van der Waals surface area contributed by atoms with E-state index in [1.807, 2.05) is 4.98 Å². The molecule has 0 aliphatic heterocycles. The number of alkyl halides is 5. The zero-order valence-corrected chi connectivity index (χ0v) is 16.7. The first kappa shape index (κ1) is 22.5. The van der Waals surface area contributed by atoms with Crippen molar-refractivity contribution in [3.05, 3.63) is 29.6 Å². The van der Waals surface area contributed by atoms with Gasteiger partial charge in [0.2, 0.25) is 0 Å². The number of H-pyrrole nitrogens is 1. The maximum absolute atomic E-state index is 13.6. The Morgan fingerprint density at radius 3 is 2.45 bits per heavy atom. The van der Waals surface area contributed by atoms with Gasteiger partial charge in [-0.05, 0) is 12.1 Å². The average Bonchev–Trinajstić information content (AvgIpc) is 3.26. The Hall–Kier alpha value is -3.23. The number of oxime groups is 1. The molecule has 0 unspecified atom stereocenters. The maximum Gasteiger partial charge on any atom is 0.459 e. The van der Waals surface area contributed by atoms with E-state index in [0.29, 0.717) is 6.07 Å². The Balaban J connectivity index is 2.23. The van der Waals surface area contributed by atoms with Gasteiger partial charge in [0.15, 0.2) is 21.5 Å². The number of hydrogen-bond donors (Lipinski definition) is 3. The van der Waals surface area contributed by atoms with Crippen molar-refractivity contribution in [2.45, 2.75) is 23.9 Å². The van der Waals surface area contributed by atoms with Gasteiger partial charge in [-0.3, -0.25) is 4.98 Å². The summed E-state index contributed by atoms with van der Waals surface area (Å²) in [5.74, 6) is -5.99. The number of nitrogens with one attached hydrogen (secondary N) is 1. The van der Waals surface area contributed by atoms with Gasteiger partial charge < -0.3 is 20.5 Å². The molecule has 0 aliphatic rings. The number of sulfone groups is 1. The van der Waals surface area contributed by atoms with Crippen LogP contribution < -0.4 is 5.73 Å². The lowest BCUT2D eigenvalue weighted by atomic mass is 10.2. The first-order valence-electron chi connectivity index (χ1n) is 8.46. The number of aromatic amines is 1. The second kappa shape index (κ2) is 7.18. The predicted octanol–water partition coefficient (Wildman–Crippen LogP) is 2.51. The molecule has 3 aromatic heterocycles. The Morgan fingerprint density at radius 1 is 1.29 bits per heavy atom. The number of aromatic nitrogens is 4. The van der Waals surface area contributed by atoms with E-state index in [1.54, 1.807) is 0 Å². The van der Waals surface area contributed by atoms with Gasteiger partial charge in [-0.25, -0.2) is 13.4 Å². The molecule has 0 fully saturated rings. The fourth-order valence-electron chi connectivity index (χ4n) is 2.81. The Labute approximate surface area is 171 Å². The standard InChI is InChI=1S/C16H15F5N6O3S/c1-3-31(29,30)9-4-7(12(22)26-28)6-23-11(9)14-24-8-5-10(25-13(8)27(14)2)15(17,18)16(19,20)21/h4-6,25,28H,3H2,1-2H3,(H2,22,26). The van der Waals surface area contributed by atoms with Crippen molar-refractivity contribution in [3.63, 3.8) is 0 Å².